The number of rotatable bonds is 5. The molecule has 7 heteroatoms. The van der Waals surface area contributed by atoms with E-state index < -0.39 is 23.7 Å². The molecule has 0 aromatic carbocycles. The van der Waals surface area contributed by atoms with Crippen molar-refractivity contribution in [2.75, 3.05) is 0 Å². The number of carbonyl (C=O) groups is 2. The number of esters is 1. The van der Waals surface area contributed by atoms with Crippen LogP contribution in [-0.2, 0) is 20.7 Å². The van der Waals surface area contributed by atoms with Crippen molar-refractivity contribution >= 4 is 46.0 Å². The number of amides is 1. The average molecular weight is 425 g/mol. The van der Waals surface area contributed by atoms with Crippen LogP contribution in [0.2, 0.25) is 0 Å². The molecule has 5 nitrogen and oxygen atoms in total. The summed E-state index contributed by atoms with van der Waals surface area (Å²) in [6.07, 6.45) is -0.235. The van der Waals surface area contributed by atoms with E-state index in [1.165, 1.54) is 11.3 Å². The summed E-state index contributed by atoms with van der Waals surface area (Å²) in [6, 6.07) is 3.06. The van der Waals surface area contributed by atoms with E-state index in [4.69, 9.17) is 9.47 Å². The first kappa shape index (κ1) is 18.2. The van der Waals surface area contributed by atoms with Crippen LogP contribution in [0.5, 0.6) is 0 Å². The van der Waals surface area contributed by atoms with Crippen molar-refractivity contribution in [3.8, 4) is 0 Å². The van der Waals surface area contributed by atoms with Crippen LogP contribution in [0.25, 0.3) is 0 Å². The predicted molar refractivity (Wildman–Crippen MR) is 90.8 cm³/mol. The van der Waals surface area contributed by atoms with Gasteiger partial charge in [-0.1, -0.05) is 6.07 Å². The monoisotopic (exact) mass is 425 g/mol. The van der Waals surface area contributed by atoms with Crippen LogP contribution < -0.4 is 5.32 Å². The fourth-order valence-electron chi connectivity index (χ4n) is 1.52. The maximum absolute atomic E-state index is 12.1. The Labute approximate surface area is 142 Å². The van der Waals surface area contributed by atoms with Crippen molar-refractivity contribution in [2.24, 2.45) is 0 Å². The summed E-state index contributed by atoms with van der Waals surface area (Å²) >= 11 is 3.52. The van der Waals surface area contributed by atoms with Crippen molar-refractivity contribution in [3.05, 3.63) is 22.4 Å². The molecular formula is C14H20INO4S. The summed E-state index contributed by atoms with van der Waals surface area (Å²) in [4.78, 5) is 24.9. The van der Waals surface area contributed by atoms with Crippen LogP contribution in [0, 0.1) is 0 Å². The molecule has 1 aromatic heterocycles. The number of ether oxygens (including phenoxy) is 2. The van der Waals surface area contributed by atoms with Crippen LogP contribution in [0.1, 0.15) is 32.6 Å². The van der Waals surface area contributed by atoms with E-state index in [2.05, 4.69) is 5.32 Å². The summed E-state index contributed by atoms with van der Waals surface area (Å²) in [7, 11) is 0. The van der Waals surface area contributed by atoms with Crippen molar-refractivity contribution < 1.29 is 19.1 Å². The van der Waals surface area contributed by atoms with E-state index in [1.54, 1.807) is 27.7 Å². The van der Waals surface area contributed by atoms with Crippen LogP contribution >= 0.6 is 33.9 Å². The van der Waals surface area contributed by atoms with E-state index in [-0.39, 0.29) is 4.11 Å². The zero-order chi connectivity index (χ0) is 16.0. The molecule has 0 aliphatic rings. The Balaban J connectivity index is 2.71. The lowest BCUT2D eigenvalue weighted by atomic mass is 10.2. The molecule has 0 spiro atoms. The highest BCUT2D eigenvalue weighted by Gasteiger charge is 2.26. The Morgan fingerprint density at radius 3 is 2.57 bits per heavy atom. The number of halogens is 1. The second-order valence-electron chi connectivity index (χ2n) is 5.46. The van der Waals surface area contributed by atoms with E-state index in [1.807, 2.05) is 40.1 Å². The van der Waals surface area contributed by atoms with Gasteiger partial charge in [0.1, 0.15) is 15.8 Å². The van der Waals surface area contributed by atoms with Gasteiger partial charge in [-0.3, -0.25) is 0 Å². The minimum Gasteiger partial charge on any atom is -0.450 e. The molecule has 1 N–H and O–H groups in total. The highest BCUT2D eigenvalue weighted by molar-refractivity contribution is 14.1. The van der Waals surface area contributed by atoms with E-state index in [0.29, 0.717) is 6.42 Å². The molecular weight excluding hydrogens is 405 g/mol. The third-order valence-corrected chi connectivity index (χ3v) is 3.39. The third kappa shape index (κ3) is 7.66. The van der Waals surface area contributed by atoms with Gasteiger partial charge in [0.05, 0.1) is 0 Å². The van der Waals surface area contributed by atoms with Gasteiger partial charge in [-0.15, -0.1) is 11.3 Å². The van der Waals surface area contributed by atoms with E-state index >= 15 is 0 Å². The van der Waals surface area contributed by atoms with Crippen LogP contribution in [0.3, 0.4) is 0 Å². The first-order chi connectivity index (χ1) is 9.67. The molecule has 0 aliphatic heterocycles. The van der Waals surface area contributed by atoms with Crippen molar-refractivity contribution in [1.29, 1.82) is 0 Å². The predicted octanol–water partition coefficient (Wildman–Crippen LogP) is 3.51. The molecule has 0 radical (unpaired) electrons. The quantitative estimate of drug-likeness (QED) is 0.446. The molecule has 0 saturated carbocycles. The van der Waals surface area contributed by atoms with Crippen molar-refractivity contribution in [2.45, 2.75) is 49.9 Å². The molecule has 0 fully saturated rings. The van der Waals surface area contributed by atoms with Crippen molar-refractivity contribution in [1.82, 2.24) is 5.32 Å². The first-order valence-corrected chi connectivity index (χ1v) is 8.66. The number of alkyl carbamates (subject to hydrolysis) is 1. The smallest absolute Gasteiger partial charge is 0.408 e. The van der Waals surface area contributed by atoms with Gasteiger partial charge in [0, 0.05) is 11.3 Å². The van der Waals surface area contributed by atoms with Gasteiger partial charge in [-0.05, 0) is 61.7 Å². The highest BCUT2D eigenvalue weighted by atomic mass is 127. The summed E-state index contributed by atoms with van der Waals surface area (Å²) in [5.74, 6) is -0.462. The maximum Gasteiger partial charge on any atom is 0.408 e. The summed E-state index contributed by atoms with van der Waals surface area (Å²) < 4.78 is 10.1. The normalized spacial score (nSPS) is 14.1. The number of nitrogens with one attached hydrogen (secondary N) is 1. The van der Waals surface area contributed by atoms with Gasteiger partial charge in [0.15, 0.2) is 0 Å². The topological polar surface area (TPSA) is 64.6 Å². The second kappa shape index (κ2) is 7.98. The Hall–Kier alpha value is -0.830. The van der Waals surface area contributed by atoms with Gasteiger partial charge in [0.25, 0.3) is 0 Å². The zero-order valence-electron chi connectivity index (χ0n) is 12.5. The Kier molecular flexibility index (Phi) is 6.92. The van der Waals surface area contributed by atoms with Gasteiger partial charge < -0.3 is 14.8 Å². The summed E-state index contributed by atoms with van der Waals surface area (Å²) in [5, 5.41) is 4.51. The van der Waals surface area contributed by atoms with Gasteiger partial charge in [0.2, 0.25) is 0 Å². The highest BCUT2D eigenvalue weighted by Crippen LogP contribution is 2.14. The van der Waals surface area contributed by atoms with Crippen LogP contribution in [0.15, 0.2) is 17.5 Å². The van der Waals surface area contributed by atoms with E-state index in [0.717, 1.165) is 4.88 Å². The fourth-order valence-corrected chi connectivity index (χ4v) is 2.52. The van der Waals surface area contributed by atoms with Gasteiger partial charge in [-0.25, -0.2) is 9.59 Å². The number of hydrogen-bond donors (Lipinski definition) is 1. The standard InChI is InChI=1S/C14H20INO4S/c1-9(15)19-12(17)11(8-10-6-5-7-21-10)16-13(18)20-14(2,3)4/h5-7,9,11H,8H2,1-4H3,(H,16,18)/t9?,11-/m1/s1. The molecule has 1 unspecified atom stereocenters. The fraction of sp³-hybridized carbons (Fsp3) is 0.571. The zero-order valence-corrected chi connectivity index (χ0v) is 15.5. The molecule has 2 atom stereocenters. The largest absolute Gasteiger partial charge is 0.450 e. The molecule has 0 bridgehead atoms. The number of carbonyl (C=O) groups excluding carboxylic acids is 2. The molecule has 0 aliphatic carbocycles. The molecule has 1 rings (SSSR count). The van der Waals surface area contributed by atoms with Crippen LogP contribution in [-0.4, -0.2) is 27.8 Å². The minimum atomic E-state index is -0.754. The SMILES string of the molecule is CC(I)OC(=O)[C@@H](Cc1cccs1)NC(=O)OC(C)(C)C. The lowest BCUT2D eigenvalue weighted by molar-refractivity contribution is -0.146. The number of alkyl halides is 1. The minimum absolute atomic E-state index is 0.263. The van der Waals surface area contributed by atoms with Gasteiger partial charge in [-0.2, -0.15) is 0 Å². The molecule has 118 valence electrons. The second-order valence-corrected chi connectivity index (χ2v) is 8.25. The molecule has 1 heterocycles. The van der Waals surface area contributed by atoms with Crippen molar-refractivity contribution in [3.63, 3.8) is 0 Å². The Bertz CT molecular complexity index is 468. The van der Waals surface area contributed by atoms with E-state index in [9.17, 15) is 9.59 Å². The lowest BCUT2D eigenvalue weighted by Gasteiger charge is -2.23. The first-order valence-electron chi connectivity index (χ1n) is 6.54. The maximum atomic E-state index is 12.1. The molecule has 1 aromatic rings. The Morgan fingerprint density at radius 1 is 1.43 bits per heavy atom. The number of thiophene rings is 1. The lowest BCUT2D eigenvalue weighted by Crippen LogP contribution is -2.45. The Morgan fingerprint density at radius 2 is 2.10 bits per heavy atom. The number of hydrogen-bond acceptors (Lipinski definition) is 5. The molecule has 21 heavy (non-hydrogen) atoms. The molecule has 1 amide bonds. The summed E-state index contributed by atoms with van der Waals surface area (Å²) in [5.41, 5.74) is -0.613. The third-order valence-electron chi connectivity index (χ3n) is 2.24. The van der Waals surface area contributed by atoms with Crippen LogP contribution in [0.4, 0.5) is 4.79 Å². The molecule has 0 saturated heterocycles. The average Bonchev–Trinajstić information content (AvgIpc) is 2.77. The summed E-state index contributed by atoms with van der Waals surface area (Å²) in [6.45, 7) is 7.07. The van der Waals surface area contributed by atoms with Gasteiger partial charge >= 0.3 is 12.1 Å².